The minimum Gasteiger partial charge on any atom is -0.466 e. The van der Waals surface area contributed by atoms with Gasteiger partial charge < -0.3 is 9.94 Å². The highest BCUT2D eigenvalue weighted by Crippen LogP contribution is 2.40. The summed E-state index contributed by atoms with van der Waals surface area (Å²) in [4.78, 5) is 23.8. The van der Waals surface area contributed by atoms with Gasteiger partial charge in [0.15, 0.2) is 0 Å². The summed E-state index contributed by atoms with van der Waals surface area (Å²) in [5.41, 5.74) is -0.707. The maximum atomic E-state index is 13.3. The molecule has 0 amide bonds. The molecule has 0 saturated carbocycles. The van der Waals surface area contributed by atoms with Gasteiger partial charge in [-0.3, -0.25) is 9.59 Å². The second-order valence-electron chi connectivity index (χ2n) is 4.78. The summed E-state index contributed by atoms with van der Waals surface area (Å²) in [5.74, 6) is -1.65. The Labute approximate surface area is 115 Å². The van der Waals surface area contributed by atoms with E-state index in [1.807, 2.05) is 0 Å². The SMILES string of the molecule is CCOC(=O)CC1(C)/C(=N\O)C(=O)c2cc(F)ccc21. The second kappa shape index (κ2) is 5.03. The largest absolute Gasteiger partial charge is 0.466 e. The van der Waals surface area contributed by atoms with Crippen LogP contribution in [-0.4, -0.2) is 29.3 Å². The van der Waals surface area contributed by atoms with Crippen molar-refractivity contribution in [2.24, 2.45) is 5.16 Å². The van der Waals surface area contributed by atoms with Crippen molar-refractivity contribution in [3.63, 3.8) is 0 Å². The number of carbonyl (C=O) groups is 2. The molecule has 0 aromatic heterocycles. The standard InChI is InChI=1S/C14H14FNO4/c1-3-20-11(17)7-14(2)10-5-4-8(15)6-9(10)12(18)13(14)16-19/h4-6,19H,3,7H2,1-2H3/b16-13-. The zero-order chi connectivity index (χ0) is 14.9. The highest BCUT2D eigenvalue weighted by atomic mass is 19.1. The van der Waals surface area contributed by atoms with E-state index in [2.05, 4.69) is 5.16 Å². The normalized spacial score (nSPS) is 22.9. The van der Waals surface area contributed by atoms with E-state index in [1.54, 1.807) is 13.8 Å². The Balaban J connectivity index is 2.52. The number of esters is 1. The number of halogens is 1. The third-order valence-corrected chi connectivity index (χ3v) is 3.46. The number of oxime groups is 1. The van der Waals surface area contributed by atoms with Gasteiger partial charge in [0, 0.05) is 5.56 Å². The smallest absolute Gasteiger partial charge is 0.307 e. The first-order valence-corrected chi connectivity index (χ1v) is 6.17. The van der Waals surface area contributed by atoms with E-state index < -0.39 is 23.0 Å². The predicted molar refractivity (Wildman–Crippen MR) is 68.6 cm³/mol. The van der Waals surface area contributed by atoms with Crippen molar-refractivity contribution < 1.29 is 23.9 Å². The van der Waals surface area contributed by atoms with Crippen molar-refractivity contribution in [1.82, 2.24) is 0 Å². The number of benzene rings is 1. The Morgan fingerprint density at radius 1 is 1.50 bits per heavy atom. The van der Waals surface area contributed by atoms with Gasteiger partial charge in [-0.15, -0.1) is 0 Å². The van der Waals surface area contributed by atoms with Crippen LogP contribution in [0.25, 0.3) is 0 Å². The summed E-state index contributed by atoms with van der Waals surface area (Å²) in [6.45, 7) is 3.48. The van der Waals surface area contributed by atoms with Crippen LogP contribution in [-0.2, 0) is 14.9 Å². The lowest BCUT2D eigenvalue weighted by molar-refractivity contribution is -0.143. The van der Waals surface area contributed by atoms with E-state index in [0.29, 0.717) is 5.56 Å². The third kappa shape index (κ3) is 2.07. The van der Waals surface area contributed by atoms with Crippen molar-refractivity contribution in [3.05, 3.63) is 35.1 Å². The molecule has 0 bridgehead atoms. The predicted octanol–water partition coefficient (Wildman–Crippen LogP) is 2.06. The second-order valence-corrected chi connectivity index (χ2v) is 4.78. The number of rotatable bonds is 3. The van der Waals surface area contributed by atoms with E-state index >= 15 is 0 Å². The Morgan fingerprint density at radius 2 is 2.20 bits per heavy atom. The average molecular weight is 279 g/mol. The van der Waals surface area contributed by atoms with Crippen LogP contribution in [0.5, 0.6) is 0 Å². The quantitative estimate of drug-likeness (QED) is 0.522. The fourth-order valence-electron chi connectivity index (χ4n) is 2.53. The Kier molecular flexibility index (Phi) is 3.57. The number of Topliss-reactive ketones (excluding diaryl/α,β-unsaturated/α-hetero) is 1. The van der Waals surface area contributed by atoms with Crippen LogP contribution in [0.1, 0.15) is 36.2 Å². The molecule has 0 saturated heterocycles. The van der Waals surface area contributed by atoms with Crippen molar-refractivity contribution in [2.75, 3.05) is 6.61 Å². The first kappa shape index (κ1) is 14.2. The highest BCUT2D eigenvalue weighted by molar-refractivity contribution is 6.52. The summed E-state index contributed by atoms with van der Waals surface area (Å²) in [6.07, 6.45) is -0.148. The fraction of sp³-hybridized carbons (Fsp3) is 0.357. The van der Waals surface area contributed by atoms with Gasteiger partial charge in [-0.2, -0.15) is 0 Å². The molecule has 0 spiro atoms. The maximum absolute atomic E-state index is 13.3. The molecule has 1 N–H and O–H groups in total. The number of fused-ring (bicyclic) bond motifs is 1. The molecule has 106 valence electrons. The molecule has 1 aromatic carbocycles. The van der Waals surface area contributed by atoms with E-state index in [-0.39, 0.29) is 24.3 Å². The van der Waals surface area contributed by atoms with E-state index in [4.69, 9.17) is 9.94 Å². The Hall–Kier alpha value is -2.24. The lowest BCUT2D eigenvalue weighted by Crippen LogP contribution is -2.34. The van der Waals surface area contributed by atoms with Gasteiger partial charge in [0.25, 0.3) is 0 Å². The molecule has 1 atom stereocenters. The zero-order valence-electron chi connectivity index (χ0n) is 11.1. The third-order valence-electron chi connectivity index (χ3n) is 3.46. The van der Waals surface area contributed by atoms with Crippen molar-refractivity contribution >= 4 is 17.5 Å². The summed E-state index contributed by atoms with van der Waals surface area (Å²) in [7, 11) is 0. The zero-order valence-corrected chi connectivity index (χ0v) is 11.1. The molecule has 0 heterocycles. The molecule has 20 heavy (non-hydrogen) atoms. The number of hydrogen-bond acceptors (Lipinski definition) is 5. The lowest BCUT2D eigenvalue weighted by atomic mass is 9.79. The molecule has 1 aliphatic rings. The van der Waals surface area contributed by atoms with Crippen LogP contribution in [0, 0.1) is 5.82 Å². The average Bonchev–Trinajstić information content (AvgIpc) is 2.57. The molecule has 0 aliphatic heterocycles. The van der Waals surface area contributed by atoms with Gasteiger partial charge in [0.1, 0.15) is 11.5 Å². The topological polar surface area (TPSA) is 76.0 Å². The molecule has 1 aliphatic carbocycles. The molecule has 5 nitrogen and oxygen atoms in total. The number of nitrogens with zero attached hydrogens (tertiary/aromatic N) is 1. The van der Waals surface area contributed by atoms with Crippen LogP contribution in [0.15, 0.2) is 23.4 Å². The van der Waals surface area contributed by atoms with Crippen LogP contribution >= 0.6 is 0 Å². The van der Waals surface area contributed by atoms with Crippen molar-refractivity contribution in [3.8, 4) is 0 Å². The monoisotopic (exact) mass is 279 g/mol. The summed E-state index contributed by atoms with van der Waals surface area (Å²) >= 11 is 0. The molecule has 0 fully saturated rings. The number of hydrogen-bond donors (Lipinski definition) is 1. The summed E-state index contributed by atoms with van der Waals surface area (Å²) in [6, 6.07) is 3.72. The molecule has 2 rings (SSSR count). The number of ether oxygens (including phenoxy) is 1. The molecule has 1 unspecified atom stereocenters. The van der Waals surface area contributed by atoms with Crippen LogP contribution in [0.4, 0.5) is 4.39 Å². The van der Waals surface area contributed by atoms with Gasteiger partial charge in [0.05, 0.1) is 18.4 Å². The van der Waals surface area contributed by atoms with Crippen LogP contribution in [0.3, 0.4) is 0 Å². The van der Waals surface area contributed by atoms with E-state index in [1.165, 1.54) is 12.1 Å². The first-order chi connectivity index (χ1) is 9.43. The fourth-order valence-corrected chi connectivity index (χ4v) is 2.53. The van der Waals surface area contributed by atoms with Crippen LogP contribution in [0.2, 0.25) is 0 Å². The Bertz CT molecular complexity index is 611. The van der Waals surface area contributed by atoms with Gasteiger partial charge >= 0.3 is 5.97 Å². The highest BCUT2D eigenvalue weighted by Gasteiger charge is 2.48. The Morgan fingerprint density at radius 3 is 2.80 bits per heavy atom. The molecular formula is C14H14FNO4. The maximum Gasteiger partial charge on any atom is 0.307 e. The van der Waals surface area contributed by atoms with Gasteiger partial charge in [-0.25, -0.2) is 4.39 Å². The van der Waals surface area contributed by atoms with E-state index in [9.17, 15) is 14.0 Å². The number of carbonyl (C=O) groups excluding carboxylic acids is 2. The summed E-state index contributed by atoms with van der Waals surface area (Å²) < 4.78 is 18.1. The van der Waals surface area contributed by atoms with Crippen molar-refractivity contribution in [2.45, 2.75) is 25.7 Å². The molecule has 0 radical (unpaired) electrons. The lowest BCUT2D eigenvalue weighted by Gasteiger charge is -2.23. The van der Waals surface area contributed by atoms with Gasteiger partial charge in [-0.1, -0.05) is 11.2 Å². The minimum atomic E-state index is -1.11. The summed E-state index contributed by atoms with van der Waals surface area (Å²) in [5, 5.41) is 12.1. The first-order valence-electron chi connectivity index (χ1n) is 6.17. The minimum absolute atomic E-state index is 0.115. The van der Waals surface area contributed by atoms with E-state index in [0.717, 1.165) is 6.07 Å². The van der Waals surface area contributed by atoms with Gasteiger partial charge in [0.2, 0.25) is 5.78 Å². The molecule has 1 aromatic rings. The van der Waals surface area contributed by atoms with Crippen molar-refractivity contribution in [1.29, 1.82) is 0 Å². The van der Waals surface area contributed by atoms with Gasteiger partial charge in [-0.05, 0) is 31.5 Å². The molecular weight excluding hydrogens is 265 g/mol. The van der Waals surface area contributed by atoms with Crippen LogP contribution < -0.4 is 0 Å². The molecule has 6 heteroatoms. The number of ketones is 1.